The van der Waals surface area contributed by atoms with Crippen LogP contribution < -0.4 is 5.32 Å². The summed E-state index contributed by atoms with van der Waals surface area (Å²) in [7, 11) is 0. The van der Waals surface area contributed by atoms with E-state index in [1.807, 2.05) is 24.2 Å². The Morgan fingerprint density at radius 1 is 1.46 bits per heavy atom. The van der Waals surface area contributed by atoms with Crippen molar-refractivity contribution in [2.75, 3.05) is 18.6 Å². The molecule has 0 unspecified atom stereocenters. The molecule has 74 valence electrons. The highest BCUT2D eigenvalue weighted by Crippen LogP contribution is 1.99. The predicted octanol–water partition coefficient (Wildman–Crippen LogP) is 2.25. The van der Waals surface area contributed by atoms with Crippen LogP contribution in [0.5, 0.6) is 0 Å². The smallest absolute Gasteiger partial charge is 0.0220 e. The van der Waals surface area contributed by atoms with Crippen molar-refractivity contribution in [2.45, 2.75) is 19.4 Å². The lowest BCUT2D eigenvalue weighted by Crippen LogP contribution is -2.14. The molecule has 0 atom stereocenters. The second kappa shape index (κ2) is 7.04. The summed E-state index contributed by atoms with van der Waals surface area (Å²) in [6.45, 7) is 2.12. The van der Waals surface area contributed by atoms with Gasteiger partial charge >= 0.3 is 0 Å². The summed E-state index contributed by atoms with van der Waals surface area (Å²) in [6.07, 6.45) is 8.76. The Labute approximate surface area is 84.5 Å². The molecule has 3 heteroatoms. The Morgan fingerprint density at radius 3 is 3.08 bits per heavy atom. The van der Waals surface area contributed by atoms with E-state index >= 15 is 0 Å². The largest absolute Gasteiger partial charge is 0.367 e. The summed E-state index contributed by atoms with van der Waals surface area (Å²) in [4.78, 5) is 3.05. The van der Waals surface area contributed by atoms with Gasteiger partial charge in [-0.1, -0.05) is 0 Å². The quantitative estimate of drug-likeness (QED) is 0.658. The maximum atomic E-state index is 3.42. The maximum Gasteiger partial charge on any atom is 0.0220 e. The Bertz CT molecular complexity index is 197. The summed E-state index contributed by atoms with van der Waals surface area (Å²) in [5, 5.41) is 3.42. The van der Waals surface area contributed by atoms with Crippen molar-refractivity contribution in [3.8, 4) is 0 Å². The van der Waals surface area contributed by atoms with E-state index in [-0.39, 0.29) is 0 Å². The maximum absolute atomic E-state index is 3.42. The van der Waals surface area contributed by atoms with E-state index < -0.39 is 0 Å². The Kier molecular flexibility index (Phi) is 5.78. The second-order valence-electron chi connectivity index (χ2n) is 3.10. The summed E-state index contributed by atoms with van der Waals surface area (Å²) < 4.78 is 0. The van der Waals surface area contributed by atoms with E-state index in [1.54, 1.807) is 0 Å². The van der Waals surface area contributed by atoms with Crippen LogP contribution in [0.4, 0.5) is 0 Å². The molecule has 2 nitrogen and oxygen atoms in total. The molecule has 0 saturated heterocycles. The molecule has 1 rings (SSSR count). The van der Waals surface area contributed by atoms with Crippen LogP contribution in [0.3, 0.4) is 0 Å². The molecule has 0 bridgehead atoms. The minimum Gasteiger partial charge on any atom is -0.367 e. The number of H-pyrrole nitrogens is 1. The topological polar surface area (TPSA) is 27.8 Å². The predicted molar refractivity (Wildman–Crippen MR) is 60.1 cm³/mol. The molecule has 0 spiro atoms. The van der Waals surface area contributed by atoms with Crippen LogP contribution in [0.2, 0.25) is 0 Å². The third kappa shape index (κ3) is 5.01. The molecule has 0 aromatic carbocycles. The Hall–Kier alpha value is -0.410. The molecular formula is C10H18N2S. The third-order valence-corrected chi connectivity index (χ3v) is 2.64. The lowest BCUT2D eigenvalue weighted by molar-refractivity contribution is 0.644. The molecule has 1 heterocycles. The van der Waals surface area contributed by atoms with Crippen molar-refractivity contribution in [3.05, 3.63) is 24.0 Å². The van der Waals surface area contributed by atoms with Gasteiger partial charge in [0.15, 0.2) is 0 Å². The van der Waals surface area contributed by atoms with Crippen LogP contribution in [0.1, 0.15) is 18.4 Å². The Morgan fingerprint density at radius 2 is 2.38 bits per heavy atom. The highest BCUT2D eigenvalue weighted by molar-refractivity contribution is 7.98. The van der Waals surface area contributed by atoms with Gasteiger partial charge in [-0.2, -0.15) is 11.8 Å². The van der Waals surface area contributed by atoms with Gasteiger partial charge in [0.2, 0.25) is 0 Å². The van der Waals surface area contributed by atoms with Crippen LogP contribution in [-0.4, -0.2) is 23.5 Å². The number of rotatable bonds is 7. The first-order chi connectivity index (χ1) is 6.43. The molecule has 0 aliphatic carbocycles. The molecule has 0 saturated carbocycles. The Balaban J connectivity index is 1.90. The summed E-state index contributed by atoms with van der Waals surface area (Å²) >= 11 is 1.92. The van der Waals surface area contributed by atoms with Crippen molar-refractivity contribution in [1.82, 2.24) is 10.3 Å². The first-order valence-electron chi connectivity index (χ1n) is 4.75. The molecule has 0 radical (unpaired) electrons. The SMILES string of the molecule is CSCCCCNCc1cc[nH]c1. The van der Waals surface area contributed by atoms with E-state index in [9.17, 15) is 0 Å². The zero-order chi connectivity index (χ0) is 9.36. The number of thioether (sulfide) groups is 1. The van der Waals surface area contributed by atoms with Crippen LogP contribution in [-0.2, 0) is 6.54 Å². The second-order valence-corrected chi connectivity index (χ2v) is 4.08. The fraction of sp³-hybridized carbons (Fsp3) is 0.600. The van der Waals surface area contributed by atoms with E-state index in [4.69, 9.17) is 0 Å². The van der Waals surface area contributed by atoms with Gasteiger partial charge in [0.25, 0.3) is 0 Å². The van der Waals surface area contributed by atoms with Gasteiger partial charge in [-0.15, -0.1) is 0 Å². The first kappa shape index (κ1) is 10.7. The minimum atomic E-state index is 0.989. The number of hydrogen-bond donors (Lipinski definition) is 2. The summed E-state index contributed by atoms with van der Waals surface area (Å²) in [6, 6.07) is 2.11. The molecule has 0 aliphatic rings. The molecule has 2 N–H and O–H groups in total. The molecule has 0 amide bonds. The molecule has 0 fully saturated rings. The van der Waals surface area contributed by atoms with E-state index in [2.05, 4.69) is 22.6 Å². The zero-order valence-corrected chi connectivity index (χ0v) is 8.99. The fourth-order valence-electron chi connectivity index (χ4n) is 1.20. The van der Waals surface area contributed by atoms with Gasteiger partial charge in [0.1, 0.15) is 0 Å². The number of nitrogens with one attached hydrogen (secondary N) is 2. The van der Waals surface area contributed by atoms with Gasteiger partial charge in [-0.25, -0.2) is 0 Å². The monoisotopic (exact) mass is 198 g/mol. The van der Waals surface area contributed by atoms with Gasteiger partial charge in [0, 0.05) is 18.9 Å². The standard InChI is InChI=1S/C10H18N2S/c1-13-7-3-2-5-11-8-10-4-6-12-9-10/h4,6,9,11-12H,2-3,5,7-8H2,1H3. The number of unbranched alkanes of at least 4 members (excludes halogenated alkanes) is 1. The average Bonchev–Trinajstić information content (AvgIpc) is 2.63. The average molecular weight is 198 g/mol. The van der Waals surface area contributed by atoms with Crippen LogP contribution in [0.15, 0.2) is 18.5 Å². The van der Waals surface area contributed by atoms with Crippen LogP contribution in [0.25, 0.3) is 0 Å². The van der Waals surface area contributed by atoms with E-state index in [1.165, 1.54) is 24.2 Å². The van der Waals surface area contributed by atoms with E-state index in [0.29, 0.717) is 0 Å². The molecule has 0 aliphatic heterocycles. The van der Waals surface area contributed by atoms with Gasteiger partial charge in [0.05, 0.1) is 0 Å². The molecular weight excluding hydrogens is 180 g/mol. The molecule has 1 aromatic rings. The first-order valence-corrected chi connectivity index (χ1v) is 6.14. The lowest BCUT2D eigenvalue weighted by atomic mass is 10.3. The fourth-order valence-corrected chi connectivity index (χ4v) is 1.69. The third-order valence-electron chi connectivity index (χ3n) is 1.94. The van der Waals surface area contributed by atoms with Crippen molar-refractivity contribution >= 4 is 11.8 Å². The van der Waals surface area contributed by atoms with Crippen molar-refractivity contribution < 1.29 is 0 Å². The molecule has 1 aromatic heterocycles. The van der Waals surface area contributed by atoms with E-state index in [0.717, 1.165) is 13.1 Å². The van der Waals surface area contributed by atoms with Crippen LogP contribution >= 0.6 is 11.8 Å². The van der Waals surface area contributed by atoms with Gasteiger partial charge in [-0.05, 0) is 43.0 Å². The lowest BCUT2D eigenvalue weighted by Gasteiger charge is -2.01. The summed E-state index contributed by atoms with van der Waals surface area (Å²) in [5.41, 5.74) is 1.34. The number of aromatic nitrogens is 1. The minimum absolute atomic E-state index is 0.989. The van der Waals surface area contributed by atoms with Gasteiger partial charge < -0.3 is 10.3 Å². The number of hydrogen-bond acceptors (Lipinski definition) is 2. The number of aromatic amines is 1. The van der Waals surface area contributed by atoms with Crippen molar-refractivity contribution in [1.29, 1.82) is 0 Å². The normalized spacial score (nSPS) is 10.5. The summed E-state index contributed by atoms with van der Waals surface area (Å²) in [5.74, 6) is 1.28. The van der Waals surface area contributed by atoms with Crippen LogP contribution in [0, 0.1) is 0 Å². The van der Waals surface area contributed by atoms with Crippen molar-refractivity contribution in [3.63, 3.8) is 0 Å². The highest BCUT2D eigenvalue weighted by Gasteiger charge is 1.91. The highest BCUT2D eigenvalue weighted by atomic mass is 32.2. The van der Waals surface area contributed by atoms with Gasteiger partial charge in [-0.3, -0.25) is 0 Å². The van der Waals surface area contributed by atoms with Crippen molar-refractivity contribution in [2.24, 2.45) is 0 Å². The zero-order valence-electron chi connectivity index (χ0n) is 8.18. The molecule has 13 heavy (non-hydrogen) atoms.